The van der Waals surface area contributed by atoms with Gasteiger partial charge in [0.2, 0.25) is 5.76 Å². The number of benzene rings is 1. The molecule has 0 amide bonds. The zero-order valence-electron chi connectivity index (χ0n) is 19.9. The maximum Gasteiger partial charge on any atom is 0.373 e. The number of phenols is 1. The quantitative estimate of drug-likeness (QED) is 0.0417. The first-order valence-electron chi connectivity index (χ1n) is 11.4. The third-order valence-corrected chi connectivity index (χ3v) is 5.61. The SMILES string of the molecule is C[C@H]1[C@H]([C@H](O)[C@H](O)CO)OC(C(=O)OCCCOC(=O)CCc2cc(N)ccc2O)=C[C@@H]1NC(=N)N. The molecule has 0 saturated carbocycles. The van der Waals surface area contributed by atoms with Crippen LogP contribution in [0, 0.1) is 11.3 Å². The molecule has 5 atom stereocenters. The van der Waals surface area contributed by atoms with Crippen LogP contribution < -0.4 is 16.8 Å². The highest BCUT2D eigenvalue weighted by molar-refractivity contribution is 5.87. The highest BCUT2D eigenvalue weighted by atomic mass is 16.6. The number of hydrogen-bond donors (Lipinski definition) is 8. The van der Waals surface area contributed by atoms with E-state index in [2.05, 4.69) is 5.32 Å². The van der Waals surface area contributed by atoms with Gasteiger partial charge in [0.15, 0.2) is 5.96 Å². The second kappa shape index (κ2) is 13.5. The second-order valence-electron chi connectivity index (χ2n) is 8.39. The fourth-order valence-electron chi connectivity index (χ4n) is 3.58. The Morgan fingerprint density at radius 1 is 1.25 bits per heavy atom. The zero-order valence-corrected chi connectivity index (χ0v) is 19.9. The summed E-state index contributed by atoms with van der Waals surface area (Å²) in [4.78, 5) is 24.4. The molecule has 0 aromatic heterocycles. The van der Waals surface area contributed by atoms with Crippen LogP contribution in [0.15, 0.2) is 30.0 Å². The minimum atomic E-state index is -1.52. The zero-order chi connectivity index (χ0) is 26.8. The Kier molecular flexibility index (Phi) is 10.8. The average molecular weight is 511 g/mol. The van der Waals surface area contributed by atoms with E-state index in [-0.39, 0.29) is 49.9 Å². The molecule has 0 saturated heterocycles. The number of aromatic hydroxyl groups is 1. The maximum atomic E-state index is 12.5. The van der Waals surface area contributed by atoms with Crippen molar-refractivity contribution in [2.75, 3.05) is 25.6 Å². The molecule has 0 aliphatic carbocycles. The largest absolute Gasteiger partial charge is 0.508 e. The van der Waals surface area contributed by atoms with E-state index >= 15 is 0 Å². The topological polar surface area (TPSA) is 231 Å². The van der Waals surface area contributed by atoms with Gasteiger partial charge in [0, 0.05) is 24.4 Å². The number of carbonyl (C=O) groups excluding carboxylic acids is 2. The van der Waals surface area contributed by atoms with Crippen molar-refractivity contribution in [3.8, 4) is 5.75 Å². The van der Waals surface area contributed by atoms with Crippen molar-refractivity contribution in [1.82, 2.24) is 5.32 Å². The fourth-order valence-corrected chi connectivity index (χ4v) is 3.58. The van der Waals surface area contributed by atoms with Crippen LogP contribution in [0.25, 0.3) is 0 Å². The van der Waals surface area contributed by atoms with Gasteiger partial charge >= 0.3 is 11.9 Å². The van der Waals surface area contributed by atoms with Crippen molar-refractivity contribution in [1.29, 1.82) is 5.41 Å². The molecule has 2 rings (SSSR count). The van der Waals surface area contributed by atoms with Crippen molar-refractivity contribution in [2.24, 2.45) is 11.7 Å². The molecular weight excluding hydrogens is 476 g/mol. The Balaban J connectivity index is 1.82. The van der Waals surface area contributed by atoms with Crippen molar-refractivity contribution < 1.29 is 44.2 Å². The highest BCUT2D eigenvalue weighted by Crippen LogP contribution is 2.28. The third kappa shape index (κ3) is 8.29. The molecule has 0 unspecified atom stereocenters. The van der Waals surface area contributed by atoms with E-state index in [0.29, 0.717) is 11.3 Å². The van der Waals surface area contributed by atoms with E-state index < -0.39 is 48.8 Å². The van der Waals surface area contributed by atoms with E-state index in [1.807, 2.05) is 0 Å². The minimum Gasteiger partial charge on any atom is -0.508 e. The van der Waals surface area contributed by atoms with Gasteiger partial charge in [-0.05, 0) is 36.3 Å². The lowest BCUT2D eigenvalue weighted by atomic mass is 9.87. The molecule has 0 radical (unpaired) electrons. The number of nitrogen functional groups attached to an aromatic ring is 1. The van der Waals surface area contributed by atoms with E-state index in [1.165, 1.54) is 12.1 Å². The Morgan fingerprint density at radius 2 is 1.94 bits per heavy atom. The number of anilines is 1. The van der Waals surface area contributed by atoms with E-state index in [9.17, 15) is 24.9 Å². The van der Waals surface area contributed by atoms with Crippen molar-refractivity contribution in [2.45, 2.75) is 50.5 Å². The first kappa shape index (κ1) is 28.7. The maximum absolute atomic E-state index is 12.5. The van der Waals surface area contributed by atoms with Crippen molar-refractivity contribution >= 4 is 23.6 Å². The molecule has 10 N–H and O–H groups in total. The Hall–Kier alpha value is -3.55. The number of hydrogen-bond acceptors (Lipinski definition) is 11. The number of nitrogens with two attached hydrogens (primary N) is 2. The van der Waals surface area contributed by atoms with Crippen LogP contribution in [0.5, 0.6) is 5.75 Å². The van der Waals surface area contributed by atoms with Crippen molar-refractivity contribution in [3.05, 3.63) is 35.6 Å². The lowest BCUT2D eigenvalue weighted by Crippen LogP contribution is -2.54. The average Bonchev–Trinajstić information content (AvgIpc) is 2.84. The number of aliphatic hydroxyl groups is 3. The molecule has 200 valence electrons. The summed E-state index contributed by atoms with van der Waals surface area (Å²) in [5, 5.41) is 49.1. The molecule has 1 aromatic carbocycles. The molecule has 0 fully saturated rings. The molecule has 36 heavy (non-hydrogen) atoms. The van der Waals surface area contributed by atoms with Crippen LogP contribution in [0.3, 0.4) is 0 Å². The number of ether oxygens (including phenoxy) is 3. The number of nitrogens with one attached hydrogen (secondary N) is 2. The summed E-state index contributed by atoms with van der Waals surface area (Å²) in [6, 6.07) is 3.89. The third-order valence-electron chi connectivity index (χ3n) is 5.61. The predicted molar refractivity (Wildman–Crippen MR) is 127 cm³/mol. The van der Waals surface area contributed by atoms with Gasteiger partial charge < -0.3 is 51.4 Å². The number of carbonyl (C=O) groups is 2. The van der Waals surface area contributed by atoms with Gasteiger partial charge in [0.1, 0.15) is 24.1 Å². The number of phenolic OH excluding ortho intramolecular Hbond substituents is 1. The Labute approximate surface area is 208 Å². The van der Waals surface area contributed by atoms with E-state index in [0.717, 1.165) is 0 Å². The van der Waals surface area contributed by atoms with Gasteiger partial charge in [0.25, 0.3) is 0 Å². The molecular formula is C23H34N4O9. The number of guanidine groups is 1. The van der Waals surface area contributed by atoms with Gasteiger partial charge in [-0.1, -0.05) is 6.92 Å². The van der Waals surface area contributed by atoms with Crippen LogP contribution >= 0.6 is 0 Å². The summed E-state index contributed by atoms with van der Waals surface area (Å²) >= 11 is 0. The molecule has 1 aromatic rings. The predicted octanol–water partition coefficient (Wildman–Crippen LogP) is -1.13. The second-order valence-corrected chi connectivity index (χ2v) is 8.39. The molecule has 13 nitrogen and oxygen atoms in total. The number of esters is 2. The van der Waals surface area contributed by atoms with E-state index in [1.54, 1.807) is 19.1 Å². The molecule has 0 bridgehead atoms. The van der Waals surface area contributed by atoms with Crippen LogP contribution in [-0.2, 0) is 30.2 Å². The normalized spacial score (nSPS) is 20.9. The Bertz CT molecular complexity index is 956. The minimum absolute atomic E-state index is 0.00941. The summed E-state index contributed by atoms with van der Waals surface area (Å²) in [6.45, 7) is 0.821. The molecule has 1 aliphatic heterocycles. The van der Waals surface area contributed by atoms with Gasteiger partial charge in [0.05, 0.1) is 25.9 Å². The number of rotatable bonds is 12. The molecule has 13 heteroatoms. The Morgan fingerprint density at radius 3 is 2.61 bits per heavy atom. The summed E-state index contributed by atoms with van der Waals surface area (Å²) in [5.74, 6) is -2.49. The summed E-state index contributed by atoms with van der Waals surface area (Å²) in [7, 11) is 0. The lowest BCUT2D eigenvalue weighted by molar-refractivity contribution is -0.153. The van der Waals surface area contributed by atoms with Gasteiger partial charge in [-0.3, -0.25) is 10.2 Å². The fraction of sp³-hybridized carbons (Fsp3) is 0.522. The smallest absolute Gasteiger partial charge is 0.373 e. The van der Waals surface area contributed by atoms with Gasteiger partial charge in [-0.25, -0.2) is 4.79 Å². The van der Waals surface area contributed by atoms with Gasteiger partial charge in [-0.2, -0.15) is 0 Å². The summed E-state index contributed by atoms with van der Waals surface area (Å²) < 4.78 is 15.8. The van der Waals surface area contributed by atoms with Crippen LogP contribution in [0.4, 0.5) is 5.69 Å². The van der Waals surface area contributed by atoms with Crippen LogP contribution in [0.2, 0.25) is 0 Å². The molecule has 0 spiro atoms. The highest BCUT2D eigenvalue weighted by Gasteiger charge is 2.41. The monoisotopic (exact) mass is 510 g/mol. The van der Waals surface area contributed by atoms with Gasteiger partial charge in [-0.15, -0.1) is 0 Å². The van der Waals surface area contributed by atoms with E-state index in [4.69, 9.17) is 36.2 Å². The molecule has 1 heterocycles. The molecule has 1 aliphatic rings. The standard InChI is InChI=1S/C23H34N4O9/c1-12-15(27-23(25)26)10-18(36-21(12)20(32)17(30)11-28)22(33)35-8-2-7-34-19(31)6-3-13-9-14(24)4-5-16(13)29/h4-5,9-10,12,15,17,20-21,28-30,32H,2-3,6-8,11,24H2,1H3,(H4,25,26,27)/t12-,15+,17-,20-,21-/m1/s1. The summed E-state index contributed by atoms with van der Waals surface area (Å²) in [6.07, 6.45) is -2.29. The van der Waals surface area contributed by atoms with Crippen LogP contribution in [-0.4, -0.2) is 82.5 Å². The van der Waals surface area contributed by atoms with Crippen LogP contribution in [0.1, 0.15) is 25.3 Å². The number of aryl methyl sites for hydroxylation is 1. The lowest BCUT2D eigenvalue weighted by Gasteiger charge is -2.38. The first-order valence-corrected chi connectivity index (χ1v) is 11.4. The summed E-state index contributed by atoms with van der Waals surface area (Å²) in [5.41, 5.74) is 12.1. The first-order chi connectivity index (χ1) is 17.0. The van der Waals surface area contributed by atoms with Crippen molar-refractivity contribution in [3.63, 3.8) is 0 Å². The number of aliphatic hydroxyl groups excluding tert-OH is 3.